The number of carbonyl (C=O) groups excluding carboxylic acids is 2. The van der Waals surface area contributed by atoms with Gasteiger partial charge in [0, 0.05) is 22.7 Å². The zero-order chi connectivity index (χ0) is 19.5. The van der Waals surface area contributed by atoms with Gasteiger partial charge in [0.25, 0.3) is 5.91 Å². The Morgan fingerprint density at radius 3 is 2.61 bits per heavy atom. The van der Waals surface area contributed by atoms with Crippen LogP contribution in [-0.2, 0) is 11.2 Å². The highest BCUT2D eigenvalue weighted by Crippen LogP contribution is 2.27. The number of fused-ring (bicyclic) bond motifs is 1. The van der Waals surface area contributed by atoms with Crippen molar-refractivity contribution in [3.63, 3.8) is 0 Å². The summed E-state index contributed by atoms with van der Waals surface area (Å²) in [5.41, 5.74) is 8.41. The second-order valence-corrected chi connectivity index (χ2v) is 7.34. The summed E-state index contributed by atoms with van der Waals surface area (Å²) in [4.78, 5) is 32.8. The van der Waals surface area contributed by atoms with E-state index < -0.39 is 0 Å². The van der Waals surface area contributed by atoms with Crippen LogP contribution in [0.3, 0.4) is 0 Å². The molecule has 3 N–H and O–H groups in total. The summed E-state index contributed by atoms with van der Waals surface area (Å²) in [5.74, 6) is -0.659. The van der Waals surface area contributed by atoms with Gasteiger partial charge in [0.05, 0.1) is 12.1 Å². The summed E-state index contributed by atoms with van der Waals surface area (Å²) < 4.78 is 0. The lowest BCUT2D eigenvalue weighted by Crippen LogP contribution is -2.42. The molecule has 0 aliphatic heterocycles. The lowest BCUT2D eigenvalue weighted by Gasteiger charge is -2.06. The van der Waals surface area contributed by atoms with Gasteiger partial charge < -0.3 is 4.98 Å². The maximum atomic E-state index is 12.5. The van der Waals surface area contributed by atoms with E-state index in [0.29, 0.717) is 10.6 Å². The van der Waals surface area contributed by atoms with Gasteiger partial charge in [-0.15, -0.1) is 11.3 Å². The Balaban J connectivity index is 1.40. The third-order valence-corrected chi connectivity index (χ3v) is 5.57. The fraction of sp³-hybridized carbons (Fsp3) is 0.0952. The zero-order valence-corrected chi connectivity index (χ0v) is 16.0. The van der Waals surface area contributed by atoms with E-state index in [4.69, 9.17) is 0 Å². The minimum Gasteiger partial charge on any atom is -0.361 e. The molecule has 28 heavy (non-hydrogen) atoms. The Morgan fingerprint density at radius 2 is 1.79 bits per heavy atom. The average molecular weight is 390 g/mol. The normalized spacial score (nSPS) is 10.8. The van der Waals surface area contributed by atoms with Crippen molar-refractivity contribution < 1.29 is 9.59 Å². The molecule has 0 unspecified atom stereocenters. The molecule has 140 valence electrons. The Hall–Kier alpha value is -3.45. The Bertz CT molecular complexity index is 1150. The summed E-state index contributed by atoms with van der Waals surface area (Å²) in [7, 11) is 0. The van der Waals surface area contributed by atoms with Gasteiger partial charge in [-0.2, -0.15) is 0 Å². The fourth-order valence-corrected chi connectivity index (χ4v) is 3.96. The molecular weight excluding hydrogens is 372 g/mol. The number of aromatic amines is 1. The maximum absolute atomic E-state index is 12.5. The van der Waals surface area contributed by atoms with Gasteiger partial charge in [-0.1, -0.05) is 48.5 Å². The molecule has 2 aromatic heterocycles. The Labute approximate surface area is 165 Å². The number of aryl methyl sites for hydroxylation is 1. The van der Waals surface area contributed by atoms with E-state index in [1.54, 1.807) is 6.92 Å². The standard InChI is InChI=1S/C21H18N4O2S/c1-13-19(28-21(23-13)14-7-3-2-4-8-14)20(27)25-24-18(26)11-15-12-22-17-10-6-5-9-16(15)17/h2-10,12,22H,11H2,1H3,(H,24,26)(H,25,27). The van der Waals surface area contributed by atoms with E-state index in [0.717, 1.165) is 27.0 Å². The van der Waals surface area contributed by atoms with Crippen molar-refractivity contribution in [1.82, 2.24) is 20.8 Å². The van der Waals surface area contributed by atoms with Crippen LogP contribution in [0.2, 0.25) is 0 Å². The zero-order valence-electron chi connectivity index (χ0n) is 15.2. The average Bonchev–Trinajstić information content (AvgIpc) is 3.31. The van der Waals surface area contributed by atoms with Crippen LogP contribution in [0.5, 0.6) is 0 Å². The van der Waals surface area contributed by atoms with Crippen LogP contribution < -0.4 is 10.9 Å². The summed E-state index contributed by atoms with van der Waals surface area (Å²) in [6.45, 7) is 1.78. The molecule has 7 heteroatoms. The highest BCUT2D eigenvalue weighted by atomic mass is 32.1. The Kier molecular flexibility index (Phi) is 4.90. The van der Waals surface area contributed by atoms with Gasteiger partial charge in [0.1, 0.15) is 9.88 Å². The number of aromatic nitrogens is 2. The first-order valence-electron chi connectivity index (χ1n) is 8.79. The van der Waals surface area contributed by atoms with E-state index in [1.165, 1.54) is 11.3 Å². The number of nitrogens with zero attached hydrogens (tertiary/aromatic N) is 1. The van der Waals surface area contributed by atoms with Crippen LogP contribution in [0.1, 0.15) is 20.9 Å². The molecule has 6 nitrogen and oxygen atoms in total. The van der Waals surface area contributed by atoms with Crippen molar-refractivity contribution in [2.24, 2.45) is 0 Å². The SMILES string of the molecule is Cc1nc(-c2ccccc2)sc1C(=O)NNC(=O)Cc1c[nH]c2ccccc12. The van der Waals surface area contributed by atoms with Crippen LogP contribution in [0.25, 0.3) is 21.5 Å². The summed E-state index contributed by atoms with van der Waals surface area (Å²) in [6, 6.07) is 17.5. The molecule has 2 aromatic carbocycles. The molecule has 0 radical (unpaired) electrons. The number of hydrazine groups is 1. The number of hydrogen-bond donors (Lipinski definition) is 3. The number of carbonyl (C=O) groups is 2. The molecule has 0 aliphatic carbocycles. The molecule has 0 atom stereocenters. The number of rotatable bonds is 4. The first-order chi connectivity index (χ1) is 13.6. The van der Waals surface area contributed by atoms with Crippen molar-refractivity contribution in [3.8, 4) is 10.6 Å². The lowest BCUT2D eigenvalue weighted by atomic mass is 10.1. The second kappa shape index (κ2) is 7.66. The summed E-state index contributed by atoms with van der Waals surface area (Å²) in [5, 5.41) is 1.77. The first kappa shape index (κ1) is 17.9. The molecule has 4 aromatic rings. The van der Waals surface area contributed by atoms with Crippen LogP contribution >= 0.6 is 11.3 Å². The molecule has 0 fully saturated rings. The number of hydrogen-bond acceptors (Lipinski definition) is 4. The number of para-hydroxylation sites is 1. The summed E-state index contributed by atoms with van der Waals surface area (Å²) >= 11 is 1.30. The topological polar surface area (TPSA) is 86.9 Å². The molecule has 0 aliphatic rings. The van der Waals surface area contributed by atoms with Gasteiger partial charge in [-0.25, -0.2) is 4.98 Å². The number of thiazole rings is 1. The lowest BCUT2D eigenvalue weighted by molar-refractivity contribution is -0.121. The third-order valence-electron chi connectivity index (χ3n) is 4.36. The van der Waals surface area contributed by atoms with Crippen LogP contribution in [0.4, 0.5) is 0 Å². The molecular formula is C21H18N4O2S. The van der Waals surface area contributed by atoms with E-state index in [1.807, 2.05) is 60.8 Å². The van der Waals surface area contributed by atoms with Gasteiger partial charge >= 0.3 is 0 Å². The van der Waals surface area contributed by atoms with Gasteiger partial charge in [-0.3, -0.25) is 20.4 Å². The monoisotopic (exact) mass is 390 g/mol. The highest BCUT2D eigenvalue weighted by molar-refractivity contribution is 7.17. The molecule has 0 bridgehead atoms. The molecule has 4 rings (SSSR count). The Morgan fingerprint density at radius 1 is 1.04 bits per heavy atom. The first-order valence-corrected chi connectivity index (χ1v) is 9.60. The van der Waals surface area contributed by atoms with Crippen molar-refractivity contribution in [1.29, 1.82) is 0 Å². The van der Waals surface area contributed by atoms with Gasteiger partial charge in [-0.05, 0) is 18.6 Å². The van der Waals surface area contributed by atoms with Crippen molar-refractivity contribution in [2.45, 2.75) is 13.3 Å². The van der Waals surface area contributed by atoms with Crippen LogP contribution in [0, 0.1) is 6.92 Å². The van der Waals surface area contributed by atoms with Crippen molar-refractivity contribution in [2.75, 3.05) is 0 Å². The smallest absolute Gasteiger partial charge is 0.281 e. The van der Waals surface area contributed by atoms with Crippen molar-refractivity contribution >= 4 is 34.1 Å². The minimum atomic E-state index is -0.371. The predicted octanol–water partition coefficient (Wildman–Crippen LogP) is 3.60. The van der Waals surface area contributed by atoms with Gasteiger partial charge in [0.15, 0.2) is 0 Å². The molecule has 2 heterocycles. The molecule has 0 saturated carbocycles. The highest BCUT2D eigenvalue weighted by Gasteiger charge is 2.17. The maximum Gasteiger partial charge on any atom is 0.281 e. The number of H-pyrrole nitrogens is 1. The van der Waals surface area contributed by atoms with Crippen molar-refractivity contribution in [3.05, 3.63) is 76.9 Å². The number of benzene rings is 2. The second-order valence-electron chi connectivity index (χ2n) is 6.34. The molecule has 0 saturated heterocycles. The van der Waals surface area contributed by atoms with E-state index >= 15 is 0 Å². The van der Waals surface area contributed by atoms with Gasteiger partial charge in [0.2, 0.25) is 5.91 Å². The molecule has 2 amide bonds. The number of amides is 2. The quantitative estimate of drug-likeness (QED) is 0.465. The minimum absolute atomic E-state index is 0.168. The fourth-order valence-electron chi connectivity index (χ4n) is 2.99. The van der Waals surface area contributed by atoms with E-state index in [-0.39, 0.29) is 18.2 Å². The largest absolute Gasteiger partial charge is 0.361 e. The summed E-state index contributed by atoms with van der Waals surface area (Å²) in [6.07, 6.45) is 1.98. The molecule has 0 spiro atoms. The van der Waals surface area contributed by atoms with Crippen LogP contribution in [0.15, 0.2) is 60.8 Å². The van der Waals surface area contributed by atoms with Crippen LogP contribution in [-0.4, -0.2) is 21.8 Å². The van der Waals surface area contributed by atoms with E-state index in [2.05, 4.69) is 20.8 Å². The third kappa shape index (κ3) is 3.65. The van der Waals surface area contributed by atoms with E-state index in [9.17, 15) is 9.59 Å². The number of nitrogens with one attached hydrogen (secondary N) is 3. The predicted molar refractivity (Wildman–Crippen MR) is 110 cm³/mol.